The van der Waals surface area contributed by atoms with Gasteiger partial charge in [0.25, 0.3) is 0 Å². The number of hydrogen-bond acceptors (Lipinski definition) is 3. The molecule has 1 aromatic carbocycles. The summed E-state index contributed by atoms with van der Waals surface area (Å²) in [4.78, 5) is 11.1. The van der Waals surface area contributed by atoms with Gasteiger partial charge in [-0.3, -0.25) is 4.79 Å². The molecule has 0 spiro atoms. The molecule has 0 atom stereocenters. The van der Waals surface area contributed by atoms with E-state index in [-0.39, 0.29) is 5.97 Å². The Bertz CT molecular complexity index is 393. The fourth-order valence-corrected chi connectivity index (χ4v) is 2.24. The van der Waals surface area contributed by atoms with Crippen molar-refractivity contribution in [3.63, 3.8) is 0 Å². The molecule has 1 rings (SSSR count). The fraction of sp³-hybridized carbons (Fsp3) is 0.500. The summed E-state index contributed by atoms with van der Waals surface area (Å²) in [6.45, 7) is 5.98. The SMILES string of the molecule is CCOC(=O)CCCNCc1ccc(C)cc1Br. The second kappa shape index (κ2) is 8.27. The Morgan fingerprint density at radius 3 is 2.89 bits per heavy atom. The predicted octanol–water partition coefficient (Wildman–Crippen LogP) is 3.19. The van der Waals surface area contributed by atoms with Crippen molar-refractivity contribution in [2.45, 2.75) is 33.2 Å². The molecule has 0 aliphatic carbocycles. The van der Waals surface area contributed by atoms with Crippen LogP contribution in [0.5, 0.6) is 0 Å². The van der Waals surface area contributed by atoms with Gasteiger partial charge in [0, 0.05) is 17.4 Å². The molecule has 0 aromatic heterocycles. The van der Waals surface area contributed by atoms with Crippen molar-refractivity contribution in [1.29, 1.82) is 0 Å². The van der Waals surface area contributed by atoms with Gasteiger partial charge in [0.05, 0.1) is 6.61 Å². The molecule has 0 amide bonds. The van der Waals surface area contributed by atoms with Crippen molar-refractivity contribution >= 4 is 21.9 Å². The summed E-state index contributed by atoms with van der Waals surface area (Å²) in [6.07, 6.45) is 1.29. The van der Waals surface area contributed by atoms with Crippen molar-refractivity contribution < 1.29 is 9.53 Å². The van der Waals surface area contributed by atoms with Crippen LogP contribution in [0, 0.1) is 6.92 Å². The third kappa shape index (κ3) is 5.65. The molecule has 0 heterocycles. The van der Waals surface area contributed by atoms with Crippen molar-refractivity contribution in [3.05, 3.63) is 33.8 Å². The summed E-state index contributed by atoms with van der Waals surface area (Å²) in [5.74, 6) is -0.115. The maximum atomic E-state index is 11.1. The lowest BCUT2D eigenvalue weighted by atomic mass is 10.1. The Morgan fingerprint density at radius 2 is 2.22 bits per heavy atom. The molecule has 4 heteroatoms. The highest BCUT2D eigenvalue weighted by Crippen LogP contribution is 2.17. The third-order valence-corrected chi connectivity index (χ3v) is 3.30. The quantitative estimate of drug-likeness (QED) is 0.620. The van der Waals surface area contributed by atoms with Crippen molar-refractivity contribution in [1.82, 2.24) is 5.32 Å². The molecule has 0 unspecified atom stereocenters. The number of esters is 1. The molecule has 0 aliphatic heterocycles. The zero-order chi connectivity index (χ0) is 13.4. The van der Waals surface area contributed by atoms with Crippen LogP contribution < -0.4 is 5.32 Å². The monoisotopic (exact) mass is 313 g/mol. The second-order valence-corrected chi connectivity index (χ2v) is 5.03. The van der Waals surface area contributed by atoms with Crippen LogP contribution in [0.1, 0.15) is 30.9 Å². The number of aryl methyl sites for hydroxylation is 1. The first-order valence-corrected chi connectivity index (χ1v) is 7.04. The van der Waals surface area contributed by atoms with Crippen LogP contribution in [-0.4, -0.2) is 19.1 Å². The van der Waals surface area contributed by atoms with Gasteiger partial charge in [0.1, 0.15) is 0 Å². The lowest BCUT2D eigenvalue weighted by molar-refractivity contribution is -0.143. The minimum Gasteiger partial charge on any atom is -0.466 e. The number of hydrogen-bond donors (Lipinski definition) is 1. The van der Waals surface area contributed by atoms with E-state index < -0.39 is 0 Å². The largest absolute Gasteiger partial charge is 0.466 e. The molecular weight excluding hydrogens is 294 g/mol. The van der Waals surface area contributed by atoms with Crippen LogP contribution in [0.2, 0.25) is 0 Å². The summed E-state index contributed by atoms with van der Waals surface area (Å²) >= 11 is 3.55. The van der Waals surface area contributed by atoms with E-state index >= 15 is 0 Å². The fourth-order valence-electron chi connectivity index (χ4n) is 1.61. The summed E-state index contributed by atoms with van der Waals surface area (Å²) in [6, 6.07) is 6.31. The van der Waals surface area contributed by atoms with E-state index in [0.29, 0.717) is 13.0 Å². The Balaban J connectivity index is 2.20. The topological polar surface area (TPSA) is 38.3 Å². The molecule has 1 N–H and O–H groups in total. The Hall–Kier alpha value is -0.870. The number of ether oxygens (including phenoxy) is 1. The zero-order valence-corrected chi connectivity index (χ0v) is 12.5. The van der Waals surface area contributed by atoms with Crippen molar-refractivity contribution in [2.75, 3.05) is 13.2 Å². The number of halogens is 1. The average molecular weight is 314 g/mol. The van der Waals surface area contributed by atoms with E-state index in [4.69, 9.17) is 4.74 Å². The van der Waals surface area contributed by atoms with Gasteiger partial charge in [-0.15, -0.1) is 0 Å². The smallest absolute Gasteiger partial charge is 0.305 e. The van der Waals surface area contributed by atoms with E-state index in [1.807, 2.05) is 6.92 Å². The highest BCUT2D eigenvalue weighted by Gasteiger charge is 2.02. The molecule has 3 nitrogen and oxygen atoms in total. The van der Waals surface area contributed by atoms with E-state index in [9.17, 15) is 4.79 Å². The number of benzene rings is 1. The van der Waals surface area contributed by atoms with E-state index in [0.717, 1.165) is 24.0 Å². The third-order valence-electron chi connectivity index (χ3n) is 2.56. The van der Waals surface area contributed by atoms with E-state index in [2.05, 4.69) is 46.4 Å². The lowest BCUT2D eigenvalue weighted by Gasteiger charge is -2.07. The average Bonchev–Trinajstić information content (AvgIpc) is 2.31. The van der Waals surface area contributed by atoms with Gasteiger partial charge in [0.15, 0.2) is 0 Å². The molecule has 0 bridgehead atoms. The van der Waals surface area contributed by atoms with Gasteiger partial charge in [-0.1, -0.05) is 28.1 Å². The molecule has 1 aromatic rings. The van der Waals surface area contributed by atoms with Gasteiger partial charge in [0.2, 0.25) is 0 Å². The minimum atomic E-state index is -0.115. The van der Waals surface area contributed by atoms with Crippen LogP contribution in [0.3, 0.4) is 0 Å². The molecule has 0 radical (unpaired) electrons. The standard InChI is InChI=1S/C14H20BrNO2/c1-3-18-14(17)5-4-8-16-10-12-7-6-11(2)9-13(12)15/h6-7,9,16H,3-5,8,10H2,1-2H3. The minimum absolute atomic E-state index is 0.115. The van der Waals surface area contributed by atoms with E-state index in [1.165, 1.54) is 11.1 Å². The summed E-state index contributed by atoms with van der Waals surface area (Å²) < 4.78 is 5.99. The first-order valence-electron chi connectivity index (χ1n) is 6.25. The Morgan fingerprint density at radius 1 is 1.44 bits per heavy atom. The van der Waals surface area contributed by atoms with Crippen molar-refractivity contribution in [3.8, 4) is 0 Å². The van der Waals surface area contributed by atoms with Crippen LogP contribution in [-0.2, 0) is 16.1 Å². The molecule has 0 saturated carbocycles. The predicted molar refractivity (Wildman–Crippen MR) is 76.5 cm³/mol. The normalized spacial score (nSPS) is 10.4. The molecule has 0 fully saturated rings. The molecule has 100 valence electrons. The molecular formula is C14H20BrNO2. The summed E-state index contributed by atoms with van der Waals surface area (Å²) in [7, 11) is 0. The van der Waals surface area contributed by atoms with Crippen LogP contribution in [0.15, 0.2) is 22.7 Å². The summed E-state index contributed by atoms with van der Waals surface area (Å²) in [5, 5.41) is 3.32. The van der Waals surface area contributed by atoms with Gasteiger partial charge >= 0.3 is 5.97 Å². The second-order valence-electron chi connectivity index (χ2n) is 4.18. The number of nitrogens with one attached hydrogen (secondary N) is 1. The maximum Gasteiger partial charge on any atom is 0.305 e. The van der Waals surface area contributed by atoms with Gasteiger partial charge < -0.3 is 10.1 Å². The maximum absolute atomic E-state index is 11.1. The molecule has 0 aliphatic rings. The van der Waals surface area contributed by atoms with Crippen LogP contribution in [0.25, 0.3) is 0 Å². The highest BCUT2D eigenvalue weighted by atomic mass is 79.9. The number of carbonyl (C=O) groups excluding carboxylic acids is 1. The van der Waals surface area contributed by atoms with Gasteiger partial charge in [-0.2, -0.15) is 0 Å². The first kappa shape index (κ1) is 15.2. The summed E-state index contributed by atoms with van der Waals surface area (Å²) in [5.41, 5.74) is 2.48. The van der Waals surface area contributed by atoms with Crippen LogP contribution >= 0.6 is 15.9 Å². The number of carbonyl (C=O) groups is 1. The number of rotatable bonds is 7. The lowest BCUT2D eigenvalue weighted by Crippen LogP contribution is -2.16. The van der Waals surface area contributed by atoms with Crippen molar-refractivity contribution in [2.24, 2.45) is 0 Å². The van der Waals surface area contributed by atoms with Crippen LogP contribution in [0.4, 0.5) is 0 Å². The molecule has 0 saturated heterocycles. The Kier molecular flexibility index (Phi) is 6.98. The Labute approximate surface area is 117 Å². The van der Waals surface area contributed by atoms with Gasteiger partial charge in [-0.05, 0) is 44.0 Å². The first-order chi connectivity index (χ1) is 8.63. The zero-order valence-electron chi connectivity index (χ0n) is 11.0. The highest BCUT2D eigenvalue weighted by molar-refractivity contribution is 9.10. The van der Waals surface area contributed by atoms with Gasteiger partial charge in [-0.25, -0.2) is 0 Å². The molecule has 18 heavy (non-hydrogen) atoms. The van der Waals surface area contributed by atoms with E-state index in [1.54, 1.807) is 0 Å².